The zero-order valence-electron chi connectivity index (χ0n) is 10.4. The number of nitrogens with two attached hydrogens (primary N) is 1. The van der Waals surface area contributed by atoms with E-state index in [1.807, 2.05) is 0 Å². The van der Waals surface area contributed by atoms with Crippen LogP contribution in [0.15, 0.2) is 18.2 Å². The van der Waals surface area contributed by atoms with Crippen molar-refractivity contribution in [1.82, 2.24) is 4.90 Å². The molecule has 1 fully saturated rings. The third kappa shape index (κ3) is 2.61. The Morgan fingerprint density at radius 1 is 1.44 bits per heavy atom. The van der Waals surface area contributed by atoms with Gasteiger partial charge in [-0.2, -0.15) is 0 Å². The van der Waals surface area contributed by atoms with Crippen molar-refractivity contribution in [2.45, 2.75) is 18.9 Å². The number of carbonyl (C=O) groups excluding carboxylic acids is 1. The van der Waals surface area contributed by atoms with Crippen LogP contribution in [0, 0.1) is 5.82 Å². The molecule has 1 heterocycles. The standard InChI is InChI=1S/C13H17FN2O2/c1-18-10-4-6-16(7-5-10)13(17)11-8-9(14)2-3-12(11)15/h2-3,8,10H,4-7,15H2,1H3. The number of methoxy groups -OCH3 is 1. The molecule has 0 saturated carbocycles. The summed E-state index contributed by atoms with van der Waals surface area (Å²) in [5.41, 5.74) is 6.27. The molecule has 2 N–H and O–H groups in total. The lowest BCUT2D eigenvalue weighted by molar-refractivity contribution is 0.0351. The molecule has 0 radical (unpaired) electrons. The minimum Gasteiger partial charge on any atom is -0.398 e. The monoisotopic (exact) mass is 252 g/mol. The number of amides is 1. The van der Waals surface area contributed by atoms with Gasteiger partial charge in [-0.1, -0.05) is 0 Å². The van der Waals surface area contributed by atoms with Crippen LogP contribution in [0.25, 0.3) is 0 Å². The maximum atomic E-state index is 13.1. The Morgan fingerprint density at radius 3 is 2.72 bits per heavy atom. The Kier molecular flexibility index (Phi) is 3.81. The number of benzene rings is 1. The molecule has 1 aliphatic heterocycles. The number of rotatable bonds is 2. The van der Waals surface area contributed by atoms with Crippen LogP contribution in [-0.4, -0.2) is 37.1 Å². The number of piperidine rings is 1. The molecule has 98 valence electrons. The Labute approximate surface area is 106 Å². The lowest BCUT2D eigenvalue weighted by Gasteiger charge is -2.31. The SMILES string of the molecule is COC1CCN(C(=O)c2cc(F)ccc2N)CC1. The summed E-state index contributed by atoms with van der Waals surface area (Å²) in [7, 11) is 1.67. The molecule has 4 nitrogen and oxygen atoms in total. The van der Waals surface area contributed by atoms with Gasteiger partial charge in [0.25, 0.3) is 5.91 Å². The van der Waals surface area contributed by atoms with Crippen molar-refractivity contribution < 1.29 is 13.9 Å². The lowest BCUT2D eigenvalue weighted by atomic mass is 10.1. The van der Waals surface area contributed by atoms with Crippen LogP contribution >= 0.6 is 0 Å². The van der Waals surface area contributed by atoms with E-state index >= 15 is 0 Å². The van der Waals surface area contributed by atoms with E-state index in [4.69, 9.17) is 10.5 Å². The Bertz CT molecular complexity index is 443. The third-order valence-corrected chi connectivity index (χ3v) is 3.31. The molecule has 1 aromatic rings. The van der Waals surface area contributed by atoms with Gasteiger partial charge in [0.15, 0.2) is 0 Å². The molecule has 0 unspecified atom stereocenters. The average Bonchev–Trinajstić information content (AvgIpc) is 2.41. The Morgan fingerprint density at radius 2 is 2.11 bits per heavy atom. The largest absolute Gasteiger partial charge is 0.398 e. The molecule has 0 aliphatic carbocycles. The van der Waals surface area contributed by atoms with E-state index < -0.39 is 5.82 Å². The fraction of sp³-hybridized carbons (Fsp3) is 0.462. The van der Waals surface area contributed by atoms with Gasteiger partial charge in [-0.3, -0.25) is 4.79 Å². The van der Waals surface area contributed by atoms with Gasteiger partial charge < -0.3 is 15.4 Å². The fourth-order valence-electron chi connectivity index (χ4n) is 2.18. The molecular formula is C13H17FN2O2. The van der Waals surface area contributed by atoms with Gasteiger partial charge in [0.2, 0.25) is 0 Å². The molecule has 1 aromatic carbocycles. The van der Waals surface area contributed by atoms with Crippen LogP contribution in [0.3, 0.4) is 0 Å². The summed E-state index contributed by atoms with van der Waals surface area (Å²) in [6, 6.07) is 3.87. The van der Waals surface area contributed by atoms with Gasteiger partial charge in [-0.05, 0) is 31.0 Å². The number of nitrogens with zero attached hydrogens (tertiary/aromatic N) is 1. The van der Waals surface area contributed by atoms with E-state index in [0.717, 1.165) is 12.8 Å². The van der Waals surface area contributed by atoms with E-state index in [1.54, 1.807) is 12.0 Å². The highest BCUT2D eigenvalue weighted by Crippen LogP contribution is 2.19. The second-order valence-corrected chi connectivity index (χ2v) is 4.46. The highest BCUT2D eigenvalue weighted by Gasteiger charge is 2.24. The molecule has 0 atom stereocenters. The molecule has 2 rings (SSSR count). The first kappa shape index (κ1) is 12.8. The Balaban J connectivity index is 2.10. The second kappa shape index (κ2) is 5.35. The third-order valence-electron chi connectivity index (χ3n) is 3.31. The first-order valence-electron chi connectivity index (χ1n) is 5.99. The van der Waals surface area contributed by atoms with Gasteiger partial charge in [0, 0.05) is 25.9 Å². The van der Waals surface area contributed by atoms with Crippen LogP contribution in [0.2, 0.25) is 0 Å². The fourth-order valence-corrected chi connectivity index (χ4v) is 2.18. The van der Waals surface area contributed by atoms with Gasteiger partial charge in [-0.15, -0.1) is 0 Å². The first-order chi connectivity index (χ1) is 8.61. The van der Waals surface area contributed by atoms with Gasteiger partial charge >= 0.3 is 0 Å². The van der Waals surface area contributed by atoms with Crippen molar-refractivity contribution in [1.29, 1.82) is 0 Å². The van der Waals surface area contributed by atoms with Crippen LogP contribution in [0.4, 0.5) is 10.1 Å². The summed E-state index contributed by atoms with van der Waals surface area (Å²) in [6.07, 6.45) is 1.81. The number of anilines is 1. The smallest absolute Gasteiger partial charge is 0.256 e. The number of hydrogen-bond donors (Lipinski definition) is 1. The van der Waals surface area contributed by atoms with Crippen molar-refractivity contribution in [3.05, 3.63) is 29.6 Å². The summed E-state index contributed by atoms with van der Waals surface area (Å²) >= 11 is 0. The molecule has 0 aromatic heterocycles. The minimum atomic E-state index is -0.445. The van der Waals surface area contributed by atoms with E-state index in [9.17, 15) is 9.18 Å². The molecule has 18 heavy (non-hydrogen) atoms. The maximum absolute atomic E-state index is 13.1. The van der Waals surface area contributed by atoms with Crippen LogP contribution in [-0.2, 0) is 4.74 Å². The lowest BCUT2D eigenvalue weighted by Crippen LogP contribution is -2.40. The van der Waals surface area contributed by atoms with Crippen LogP contribution in [0.1, 0.15) is 23.2 Å². The quantitative estimate of drug-likeness (QED) is 0.814. The van der Waals surface area contributed by atoms with Crippen molar-refractivity contribution in [3.8, 4) is 0 Å². The molecule has 1 aliphatic rings. The van der Waals surface area contributed by atoms with Gasteiger partial charge in [0.1, 0.15) is 5.82 Å². The number of hydrogen-bond acceptors (Lipinski definition) is 3. The van der Waals surface area contributed by atoms with E-state index in [-0.39, 0.29) is 17.6 Å². The summed E-state index contributed by atoms with van der Waals surface area (Å²) in [6.45, 7) is 1.24. The average molecular weight is 252 g/mol. The predicted octanol–water partition coefficient (Wildman–Crippen LogP) is 1.66. The number of ether oxygens (including phenoxy) is 1. The summed E-state index contributed by atoms with van der Waals surface area (Å²) in [5.74, 6) is -0.652. The minimum absolute atomic E-state index is 0.207. The highest BCUT2D eigenvalue weighted by atomic mass is 19.1. The van der Waals surface area contributed by atoms with Crippen LogP contribution < -0.4 is 5.73 Å². The van der Waals surface area contributed by atoms with Crippen LogP contribution in [0.5, 0.6) is 0 Å². The topological polar surface area (TPSA) is 55.6 Å². The summed E-state index contributed by atoms with van der Waals surface area (Å²) in [5, 5.41) is 0. The number of nitrogen functional groups attached to an aromatic ring is 1. The van der Waals surface area contributed by atoms with E-state index in [2.05, 4.69) is 0 Å². The van der Waals surface area contributed by atoms with Gasteiger partial charge in [0.05, 0.1) is 11.7 Å². The van der Waals surface area contributed by atoms with Gasteiger partial charge in [-0.25, -0.2) is 4.39 Å². The highest BCUT2D eigenvalue weighted by molar-refractivity contribution is 5.99. The zero-order chi connectivity index (χ0) is 13.1. The van der Waals surface area contributed by atoms with Crippen molar-refractivity contribution in [3.63, 3.8) is 0 Å². The maximum Gasteiger partial charge on any atom is 0.256 e. The number of likely N-dealkylation sites (tertiary alicyclic amines) is 1. The molecule has 1 amide bonds. The molecule has 0 spiro atoms. The van der Waals surface area contributed by atoms with Crippen molar-refractivity contribution in [2.75, 3.05) is 25.9 Å². The van der Waals surface area contributed by atoms with Crippen molar-refractivity contribution in [2.24, 2.45) is 0 Å². The normalized spacial score (nSPS) is 16.9. The molecule has 1 saturated heterocycles. The molecule has 5 heteroatoms. The Hall–Kier alpha value is -1.62. The first-order valence-corrected chi connectivity index (χ1v) is 5.99. The second-order valence-electron chi connectivity index (χ2n) is 4.46. The summed E-state index contributed by atoms with van der Waals surface area (Å²) < 4.78 is 18.4. The molecular weight excluding hydrogens is 235 g/mol. The number of carbonyl (C=O) groups is 1. The predicted molar refractivity (Wildman–Crippen MR) is 66.7 cm³/mol. The summed E-state index contributed by atoms with van der Waals surface area (Å²) in [4.78, 5) is 13.9. The van der Waals surface area contributed by atoms with E-state index in [0.29, 0.717) is 18.8 Å². The van der Waals surface area contributed by atoms with Crippen molar-refractivity contribution >= 4 is 11.6 Å². The molecule has 0 bridgehead atoms. The number of halogens is 1. The zero-order valence-corrected chi connectivity index (χ0v) is 10.4. The van der Waals surface area contributed by atoms with E-state index in [1.165, 1.54) is 18.2 Å².